The van der Waals surface area contributed by atoms with E-state index in [0.29, 0.717) is 19.2 Å². The minimum absolute atomic E-state index is 0.0943. The Morgan fingerprint density at radius 1 is 1.40 bits per heavy atom. The van der Waals surface area contributed by atoms with Crippen molar-refractivity contribution in [3.8, 4) is 0 Å². The quantitative estimate of drug-likeness (QED) is 0.776. The molecule has 1 fully saturated rings. The molecule has 0 unspecified atom stereocenters. The summed E-state index contributed by atoms with van der Waals surface area (Å²) in [5.41, 5.74) is 1.30. The molecule has 1 aliphatic carbocycles. The molecule has 1 heterocycles. The molecule has 0 aliphatic heterocycles. The number of esters is 1. The van der Waals surface area contributed by atoms with Gasteiger partial charge in [0.15, 0.2) is 0 Å². The van der Waals surface area contributed by atoms with Gasteiger partial charge in [-0.15, -0.1) is 0 Å². The van der Waals surface area contributed by atoms with Gasteiger partial charge in [-0.3, -0.25) is 4.79 Å². The zero-order valence-corrected chi connectivity index (χ0v) is 12.8. The lowest BCUT2D eigenvalue weighted by atomic mass is 9.88. The normalized spacial score (nSPS) is 15.0. The molecule has 0 radical (unpaired) electrons. The number of rotatable bonds is 5. The van der Waals surface area contributed by atoms with E-state index in [4.69, 9.17) is 4.74 Å². The number of carbonyl (C=O) groups is 1. The van der Waals surface area contributed by atoms with Crippen LogP contribution in [0, 0.1) is 0 Å². The SMILES string of the molecule is CCOC(=O)CN(c1ccc(C(C)(C)C)cn1)C1CC1. The van der Waals surface area contributed by atoms with Gasteiger partial charge in [-0.2, -0.15) is 0 Å². The zero-order chi connectivity index (χ0) is 14.8. The van der Waals surface area contributed by atoms with Crippen molar-refractivity contribution in [1.82, 2.24) is 4.98 Å². The van der Waals surface area contributed by atoms with Gasteiger partial charge in [-0.1, -0.05) is 26.8 Å². The van der Waals surface area contributed by atoms with Crippen LogP contribution in [0.1, 0.15) is 46.1 Å². The monoisotopic (exact) mass is 276 g/mol. The van der Waals surface area contributed by atoms with Crippen LogP contribution in [0.5, 0.6) is 0 Å². The van der Waals surface area contributed by atoms with Gasteiger partial charge in [0.25, 0.3) is 0 Å². The molecule has 0 atom stereocenters. The third kappa shape index (κ3) is 3.71. The summed E-state index contributed by atoms with van der Waals surface area (Å²) in [7, 11) is 0. The molecule has 0 saturated heterocycles. The minimum atomic E-state index is -0.180. The Balaban J connectivity index is 2.11. The lowest BCUT2D eigenvalue weighted by molar-refractivity contribution is -0.141. The first kappa shape index (κ1) is 14.8. The third-order valence-electron chi connectivity index (χ3n) is 3.50. The molecule has 1 aromatic heterocycles. The van der Waals surface area contributed by atoms with Crippen LogP contribution in [0.4, 0.5) is 5.82 Å². The van der Waals surface area contributed by atoms with E-state index in [0.717, 1.165) is 18.7 Å². The molecule has 0 spiro atoms. The number of anilines is 1. The smallest absolute Gasteiger partial charge is 0.325 e. The predicted octanol–water partition coefficient (Wildman–Crippen LogP) is 2.91. The second-order valence-corrected chi connectivity index (χ2v) is 6.32. The molecule has 0 N–H and O–H groups in total. The molecule has 0 amide bonds. The number of carbonyl (C=O) groups excluding carboxylic acids is 1. The standard InChI is InChI=1S/C16H24N2O2/c1-5-20-15(19)11-18(13-7-8-13)14-9-6-12(10-17-14)16(2,3)4/h6,9-10,13H,5,7-8,11H2,1-4H3. The van der Waals surface area contributed by atoms with Gasteiger partial charge in [-0.05, 0) is 36.8 Å². The average molecular weight is 276 g/mol. The first-order valence-corrected chi connectivity index (χ1v) is 7.30. The van der Waals surface area contributed by atoms with Crippen molar-refractivity contribution < 1.29 is 9.53 Å². The molecule has 4 nitrogen and oxygen atoms in total. The van der Waals surface area contributed by atoms with Gasteiger partial charge in [0, 0.05) is 12.2 Å². The highest BCUT2D eigenvalue weighted by atomic mass is 16.5. The van der Waals surface area contributed by atoms with E-state index in [2.05, 4.69) is 36.7 Å². The topological polar surface area (TPSA) is 42.4 Å². The van der Waals surface area contributed by atoms with Crippen LogP contribution in [-0.4, -0.2) is 30.1 Å². The molecule has 20 heavy (non-hydrogen) atoms. The third-order valence-corrected chi connectivity index (χ3v) is 3.50. The van der Waals surface area contributed by atoms with E-state index in [1.54, 1.807) is 0 Å². The Bertz CT molecular complexity index is 458. The number of nitrogens with zero attached hydrogens (tertiary/aromatic N) is 2. The van der Waals surface area contributed by atoms with Crippen molar-refractivity contribution >= 4 is 11.8 Å². The van der Waals surface area contributed by atoms with Gasteiger partial charge in [0.05, 0.1) is 6.61 Å². The van der Waals surface area contributed by atoms with Crippen molar-refractivity contribution in [3.05, 3.63) is 23.9 Å². The molecular weight excluding hydrogens is 252 g/mol. The first-order chi connectivity index (χ1) is 9.41. The molecule has 0 bridgehead atoms. The molecule has 110 valence electrons. The van der Waals surface area contributed by atoms with Crippen LogP contribution in [0.25, 0.3) is 0 Å². The van der Waals surface area contributed by atoms with E-state index >= 15 is 0 Å². The van der Waals surface area contributed by atoms with Crippen molar-refractivity contribution in [2.75, 3.05) is 18.1 Å². The maximum Gasteiger partial charge on any atom is 0.325 e. The van der Waals surface area contributed by atoms with Crippen molar-refractivity contribution in [1.29, 1.82) is 0 Å². The molecule has 0 aromatic carbocycles. The Morgan fingerprint density at radius 2 is 2.10 bits per heavy atom. The fraction of sp³-hybridized carbons (Fsp3) is 0.625. The van der Waals surface area contributed by atoms with Crippen LogP contribution in [0.15, 0.2) is 18.3 Å². The zero-order valence-electron chi connectivity index (χ0n) is 12.8. The predicted molar refractivity (Wildman–Crippen MR) is 79.9 cm³/mol. The second kappa shape index (κ2) is 5.81. The van der Waals surface area contributed by atoms with E-state index in [1.165, 1.54) is 5.56 Å². The highest BCUT2D eigenvalue weighted by Crippen LogP contribution is 2.31. The fourth-order valence-corrected chi connectivity index (χ4v) is 2.13. The van der Waals surface area contributed by atoms with Crippen LogP contribution in [0.2, 0.25) is 0 Å². The van der Waals surface area contributed by atoms with E-state index in [1.807, 2.05) is 19.2 Å². The van der Waals surface area contributed by atoms with Crippen molar-refractivity contribution in [2.24, 2.45) is 0 Å². The molecule has 4 heteroatoms. The Labute approximate surface area is 121 Å². The summed E-state index contributed by atoms with van der Waals surface area (Å²) in [5.74, 6) is 0.689. The molecule has 1 saturated carbocycles. The number of ether oxygens (including phenoxy) is 1. The average Bonchev–Trinajstić information content (AvgIpc) is 3.20. The number of hydrogen-bond acceptors (Lipinski definition) is 4. The maximum atomic E-state index is 11.7. The van der Waals surface area contributed by atoms with Crippen LogP contribution < -0.4 is 4.90 Å². The largest absolute Gasteiger partial charge is 0.465 e. The van der Waals surface area contributed by atoms with Crippen LogP contribution in [-0.2, 0) is 14.9 Å². The van der Waals surface area contributed by atoms with E-state index in [9.17, 15) is 4.79 Å². The van der Waals surface area contributed by atoms with Gasteiger partial charge in [0.2, 0.25) is 0 Å². The fourth-order valence-electron chi connectivity index (χ4n) is 2.13. The van der Waals surface area contributed by atoms with Crippen LogP contribution >= 0.6 is 0 Å². The summed E-state index contributed by atoms with van der Waals surface area (Å²) < 4.78 is 5.04. The van der Waals surface area contributed by atoms with Gasteiger partial charge in [0.1, 0.15) is 12.4 Å². The number of pyridine rings is 1. The van der Waals surface area contributed by atoms with E-state index < -0.39 is 0 Å². The summed E-state index contributed by atoms with van der Waals surface area (Å²) >= 11 is 0. The number of hydrogen-bond donors (Lipinski definition) is 0. The molecule has 2 rings (SSSR count). The van der Waals surface area contributed by atoms with Crippen LogP contribution in [0.3, 0.4) is 0 Å². The summed E-state index contributed by atoms with van der Waals surface area (Å²) in [6, 6.07) is 4.55. The summed E-state index contributed by atoms with van der Waals surface area (Å²) in [5, 5.41) is 0. The molecule has 1 aromatic rings. The highest BCUT2D eigenvalue weighted by molar-refractivity contribution is 5.75. The van der Waals surface area contributed by atoms with Gasteiger partial charge < -0.3 is 9.64 Å². The highest BCUT2D eigenvalue weighted by Gasteiger charge is 2.31. The molecule has 1 aliphatic rings. The Kier molecular flexibility index (Phi) is 4.31. The minimum Gasteiger partial charge on any atom is -0.465 e. The van der Waals surface area contributed by atoms with E-state index in [-0.39, 0.29) is 11.4 Å². The lowest BCUT2D eigenvalue weighted by Gasteiger charge is -2.24. The van der Waals surface area contributed by atoms with Gasteiger partial charge >= 0.3 is 5.97 Å². The number of aromatic nitrogens is 1. The lowest BCUT2D eigenvalue weighted by Crippen LogP contribution is -2.33. The Hall–Kier alpha value is -1.58. The van der Waals surface area contributed by atoms with Gasteiger partial charge in [-0.25, -0.2) is 4.98 Å². The summed E-state index contributed by atoms with van der Waals surface area (Å²) in [6.07, 6.45) is 4.17. The Morgan fingerprint density at radius 3 is 2.55 bits per heavy atom. The van der Waals surface area contributed by atoms with Crippen molar-refractivity contribution in [3.63, 3.8) is 0 Å². The molecular formula is C16H24N2O2. The maximum absolute atomic E-state index is 11.7. The second-order valence-electron chi connectivity index (χ2n) is 6.32. The first-order valence-electron chi connectivity index (χ1n) is 7.30. The van der Waals surface area contributed by atoms with Crippen molar-refractivity contribution in [2.45, 2.75) is 52.0 Å². The summed E-state index contributed by atoms with van der Waals surface area (Å²) in [6.45, 7) is 9.05. The summed E-state index contributed by atoms with van der Waals surface area (Å²) in [4.78, 5) is 18.3.